The molecule has 0 aliphatic carbocycles. The molecule has 0 radical (unpaired) electrons. The first-order valence-corrected chi connectivity index (χ1v) is 8.01. The van der Waals surface area contributed by atoms with Gasteiger partial charge in [0.15, 0.2) is 11.5 Å². The lowest BCUT2D eigenvalue weighted by Crippen LogP contribution is -2.37. The van der Waals surface area contributed by atoms with E-state index >= 15 is 0 Å². The van der Waals surface area contributed by atoms with Gasteiger partial charge < -0.3 is 20.1 Å². The van der Waals surface area contributed by atoms with Crippen LogP contribution in [0.2, 0.25) is 0 Å². The van der Waals surface area contributed by atoms with Gasteiger partial charge in [0.2, 0.25) is 11.8 Å². The Balaban J connectivity index is 1.78. The van der Waals surface area contributed by atoms with E-state index in [-0.39, 0.29) is 31.0 Å². The molecule has 2 aromatic carbocycles. The summed E-state index contributed by atoms with van der Waals surface area (Å²) in [6.45, 7) is 0.100. The zero-order chi connectivity index (χ0) is 18.9. The summed E-state index contributed by atoms with van der Waals surface area (Å²) in [5, 5.41) is 5.17. The van der Waals surface area contributed by atoms with Crippen LogP contribution in [0.25, 0.3) is 0 Å². The van der Waals surface area contributed by atoms with Crippen molar-refractivity contribution < 1.29 is 23.5 Å². The van der Waals surface area contributed by atoms with Gasteiger partial charge in [-0.2, -0.15) is 0 Å². The second-order valence-electron chi connectivity index (χ2n) is 5.51. The van der Waals surface area contributed by atoms with Crippen molar-refractivity contribution in [1.29, 1.82) is 0 Å². The lowest BCUT2D eigenvalue weighted by molar-refractivity contribution is -0.125. The maximum Gasteiger partial charge on any atom is 0.239 e. The zero-order valence-electron chi connectivity index (χ0n) is 14.7. The summed E-state index contributed by atoms with van der Waals surface area (Å²) in [5.74, 6) is -0.0426. The van der Waals surface area contributed by atoms with Crippen molar-refractivity contribution >= 4 is 11.8 Å². The quantitative estimate of drug-likeness (QED) is 0.753. The van der Waals surface area contributed by atoms with Crippen molar-refractivity contribution in [3.63, 3.8) is 0 Å². The number of carbonyl (C=O) groups excluding carboxylic acids is 2. The van der Waals surface area contributed by atoms with E-state index in [0.29, 0.717) is 11.5 Å². The average Bonchev–Trinajstić information content (AvgIpc) is 2.66. The SMILES string of the molecule is COc1ccc(CNC(=O)CNC(=O)Cc2ccccc2F)cc1OC. The van der Waals surface area contributed by atoms with Crippen LogP contribution in [-0.2, 0) is 22.6 Å². The molecule has 2 amide bonds. The minimum Gasteiger partial charge on any atom is -0.493 e. The number of amides is 2. The van der Waals surface area contributed by atoms with Crippen LogP contribution in [0.3, 0.4) is 0 Å². The van der Waals surface area contributed by atoms with Crippen molar-refractivity contribution in [2.24, 2.45) is 0 Å². The number of nitrogens with one attached hydrogen (secondary N) is 2. The molecular weight excluding hydrogens is 339 g/mol. The molecule has 0 unspecified atom stereocenters. The van der Waals surface area contributed by atoms with Crippen LogP contribution >= 0.6 is 0 Å². The van der Waals surface area contributed by atoms with Crippen molar-refractivity contribution in [1.82, 2.24) is 10.6 Å². The smallest absolute Gasteiger partial charge is 0.239 e. The van der Waals surface area contributed by atoms with Gasteiger partial charge in [-0.05, 0) is 29.3 Å². The van der Waals surface area contributed by atoms with Crippen LogP contribution in [0.15, 0.2) is 42.5 Å². The number of hydrogen-bond acceptors (Lipinski definition) is 4. The summed E-state index contributed by atoms with van der Waals surface area (Å²) in [7, 11) is 3.08. The highest BCUT2D eigenvalue weighted by Crippen LogP contribution is 2.27. The van der Waals surface area contributed by atoms with Gasteiger partial charge in [0.25, 0.3) is 0 Å². The Hall–Kier alpha value is -3.09. The lowest BCUT2D eigenvalue weighted by atomic mass is 10.1. The molecule has 2 N–H and O–H groups in total. The molecule has 0 saturated heterocycles. The molecule has 26 heavy (non-hydrogen) atoms. The van der Waals surface area contributed by atoms with E-state index in [1.54, 1.807) is 37.4 Å². The summed E-state index contributed by atoms with van der Waals surface area (Å²) in [6.07, 6.45) is -0.115. The third kappa shape index (κ3) is 5.47. The number of hydrogen-bond donors (Lipinski definition) is 2. The molecule has 0 bridgehead atoms. The molecule has 0 atom stereocenters. The molecule has 138 valence electrons. The Morgan fingerprint density at radius 1 is 0.962 bits per heavy atom. The fourth-order valence-electron chi connectivity index (χ4n) is 2.31. The monoisotopic (exact) mass is 360 g/mol. The van der Waals surface area contributed by atoms with Gasteiger partial charge in [0.1, 0.15) is 5.82 Å². The van der Waals surface area contributed by atoms with E-state index < -0.39 is 11.7 Å². The molecule has 0 spiro atoms. The van der Waals surface area contributed by atoms with E-state index in [0.717, 1.165) is 5.56 Å². The average molecular weight is 360 g/mol. The third-order valence-corrected chi connectivity index (χ3v) is 3.69. The highest BCUT2D eigenvalue weighted by molar-refractivity contribution is 5.85. The maximum absolute atomic E-state index is 13.5. The van der Waals surface area contributed by atoms with E-state index in [9.17, 15) is 14.0 Å². The molecule has 0 heterocycles. The van der Waals surface area contributed by atoms with Crippen LogP contribution in [-0.4, -0.2) is 32.6 Å². The second-order valence-corrected chi connectivity index (χ2v) is 5.51. The van der Waals surface area contributed by atoms with Crippen LogP contribution in [0, 0.1) is 5.82 Å². The van der Waals surface area contributed by atoms with Crippen LogP contribution < -0.4 is 20.1 Å². The summed E-state index contributed by atoms with van der Waals surface area (Å²) in [4.78, 5) is 23.7. The predicted molar refractivity (Wildman–Crippen MR) is 94.5 cm³/mol. The van der Waals surface area contributed by atoms with E-state index in [2.05, 4.69) is 10.6 Å². The van der Waals surface area contributed by atoms with Crippen LogP contribution in [0.1, 0.15) is 11.1 Å². The predicted octanol–water partition coefficient (Wildman–Crippen LogP) is 1.82. The van der Waals surface area contributed by atoms with Gasteiger partial charge in [-0.25, -0.2) is 4.39 Å². The number of carbonyl (C=O) groups is 2. The molecule has 0 aliphatic rings. The first-order valence-electron chi connectivity index (χ1n) is 8.01. The van der Waals surface area contributed by atoms with Crippen molar-refractivity contribution in [2.75, 3.05) is 20.8 Å². The summed E-state index contributed by atoms with van der Waals surface area (Å²) >= 11 is 0. The minimum absolute atomic E-state index is 0.115. The molecule has 7 heteroatoms. The largest absolute Gasteiger partial charge is 0.493 e. The number of methoxy groups -OCH3 is 2. The van der Waals surface area contributed by atoms with Crippen LogP contribution in [0.5, 0.6) is 11.5 Å². The highest BCUT2D eigenvalue weighted by Gasteiger charge is 2.10. The van der Waals surface area contributed by atoms with Gasteiger partial charge >= 0.3 is 0 Å². The Morgan fingerprint density at radius 3 is 2.38 bits per heavy atom. The van der Waals surface area contributed by atoms with Crippen molar-refractivity contribution in [3.05, 3.63) is 59.4 Å². The molecule has 0 fully saturated rings. The number of benzene rings is 2. The zero-order valence-corrected chi connectivity index (χ0v) is 14.7. The first kappa shape index (κ1) is 19.2. The standard InChI is InChI=1S/C19H21FN2O4/c1-25-16-8-7-13(9-17(16)26-2)11-21-19(24)12-22-18(23)10-14-5-3-4-6-15(14)20/h3-9H,10-12H2,1-2H3,(H,21,24)(H,22,23). The third-order valence-electron chi connectivity index (χ3n) is 3.69. The summed E-state index contributed by atoms with van der Waals surface area (Å²) in [6, 6.07) is 11.3. The van der Waals surface area contributed by atoms with Crippen molar-refractivity contribution in [2.45, 2.75) is 13.0 Å². The fourth-order valence-corrected chi connectivity index (χ4v) is 2.31. The Morgan fingerprint density at radius 2 is 1.69 bits per heavy atom. The molecule has 2 rings (SSSR count). The van der Waals surface area contributed by atoms with E-state index in [4.69, 9.17) is 9.47 Å². The molecule has 0 aromatic heterocycles. The van der Waals surface area contributed by atoms with Gasteiger partial charge in [0, 0.05) is 6.54 Å². The second kappa shape index (κ2) is 9.41. The Kier molecular flexibility index (Phi) is 6.96. The van der Waals surface area contributed by atoms with E-state index in [1.165, 1.54) is 19.2 Å². The molecule has 0 saturated carbocycles. The number of rotatable bonds is 8. The molecular formula is C19H21FN2O4. The van der Waals surface area contributed by atoms with Crippen LogP contribution in [0.4, 0.5) is 4.39 Å². The van der Waals surface area contributed by atoms with Gasteiger partial charge in [-0.15, -0.1) is 0 Å². The lowest BCUT2D eigenvalue weighted by Gasteiger charge is -2.11. The summed E-state index contributed by atoms with van der Waals surface area (Å²) in [5.41, 5.74) is 1.12. The van der Waals surface area contributed by atoms with Gasteiger partial charge in [-0.1, -0.05) is 24.3 Å². The fraction of sp³-hybridized carbons (Fsp3) is 0.263. The Bertz CT molecular complexity index is 780. The Labute approximate surface area is 151 Å². The topological polar surface area (TPSA) is 76.7 Å². The summed E-state index contributed by atoms with van der Waals surface area (Å²) < 4.78 is 23.9. The van der Waals surface area contributed by atoms with Gasteiger partial charge in [-0.3, -0.25) is 9.59 Å². The van der Waals surface area contributed by atoms with E-state index in [1.807, 2.05) is 0 Å². The number of ether oxygens (including phenoxy) is 2. The highest BCUT2D eigenvalue weighted by atomic mass is 19.1. The molecule has 0 aliphatic heterocycles. The minimum atomic E-state index is -0.444. The normalized spacial score (nSPS) is 10.1. The van der Waals surface area contributed by atoms with Gasteiger partial charge in [0.05, 0.1) is 27.2 Å². The number of halogens is 1. The molecule has 2 aromatic rings. The van der Waals surface area contributed by atoms with Crippen molar-refractivity contribution in [3.8, 4) is 11.5 Å². The molecule has 6 nitrogen and oxygen atoms in total. The first-order chi connectivity index (χ1) is 12.5. The maximum atomic E-state index is 13.5.